The topological polar surface area (TPSA) is 38.9 Å². The van der Waals surface area contributed by atoms with Crippen LogP contribution in [0.1, 0.15) is 50.3 Å². The minimum atomic E-state index is 0. The van der Waals surface area contributed by atoms with E-state index in [0.717, 1.165) is 50.9 Å². The quantitative estimate of drug-likeness (QED) is 0.164. The molecule has 0 saturated heterocycles. The standard InChI is InChI=1S/C22H20NO.C19H16N.Ir/c1-22(2,3)14-15-10-11-23-19(12-15)16-8-9-21-18(13-16)17-6-4-5-7-20(17)24-21;1-15(16-8-4-2-5-9-16)18-12-13-20-19(14-18)17-10-6-3-7-11-17;/h4-7,9-13H,14H2,1-3H3;2-10,12-15H,1H3;/q2*-1;. The fraction of sp³-hybridized carbons (Fsp3) is 0.171. The molecule has 0 aliphatic carbocycles. The first-order valence-electron chi connectivity index (χ1n) is 15.1. The van der Waals surface area contributed by atoms with Crippen LogP contribution in [0.3, 0.4) is 0 Å². The Morgan fingerprint density at radius 3 is 2.13 bits per heavy atom. The molecule has 3 heterocycles. The summed E-state index contributed by atoms with van der Waals surface area (Å²) in [4.78, 5) is 9.00. The summed E-state index contributed by atoms with van der Waals surface area (Å²) in [5, 5.41) is 2.25. The van der Waals surface area contributed by atoms with Crippen LogP contribution in [-0.4, -0.2) is 9.97 Å². The van der Waals surface area contributed by atoms with Crippen molar-refractivity contribution in [2.24, 2.45) is 5.41 Å². The van der Waals surface area contributed by atoms with E-state index in [0.29, 0.717) is 5.92 Å². The van der Waals surface area contributed by atoms with Crippen LogP contribution in [0.4, 0.5) is 0 Å². The van der Waals surface area contributed by atoms with Crippen LogP contribution in [0.15, 0.2) is 132 Å². The molecular formula is C41H36IrN2O-2. The Bertz CT molecular complexity index is 1990. The molecule has 1 radical (unpaired) electrons. The molecule has 4 heteroatoms. The molecule has 3 aromatic heterocycles. The maximum Gasteiger partial charge on any atom is 0.120 e. The molecule has 0 N–H and O–H groups in total. The van der Waals surface area contributed by atoms with E-state index in [1.165, 1.54) is 16.7 Å². The molecule has 45 heavy (non-hydrogen) atoms. The van der Waals surface area contributed by atoms with E-state index in [1.807, 2.05) is 67.0 Å². The zero-order chi connectivity index (χ0) is 30.5. The van der Waals surface area contributed by atoms with Gasteiger partial charge in [0, 0.05) is 43.8 Å². The molecule has 0 fully saturated rings. The largest absolute Gasteiger partial charge is 0.500 e. The Balaban J connectivity index is 0.000000177. The fourth-order valence-corrected chi connectivity index (χ4v) is 5.51. The van der Waals surface area contributed by atoms with Gasteiger partial charge in [0.15, 0.2) is 0 Å². The van der Waals surface area contributed by atoms with E-state index in [-0.39, 0.29) is 25.5 Å². The Morgan fingerprint density at radius 2 is 1.38 bits per heavy atom. The normalized spacial score (nSPS) is 11.8. The number of rotatable bonds is 5. The van der Waals surface area contributed by atoms with Gasteiger partial charge in [0.1, 0.15) is 5.58 Å². The number of pyridine rings is 2. The fourth-order valence-electron chi connectivity index (χ4n) is 5.51. The van der Waals surface area contributed by atoms with Gasteiger partial charge in [-0.1, -0.05) is 99.3 Å². The number of furan rings is 1. The van der Waals surface area contributed by atoms with E-state index in [1.54, 1.807) is 0 Å². The number of fused-ring (bicyclic) bond motifs is 3. The van der Waals surface area contributed by atoms with Crippen LogP contribution < -0.4 is 0 Å². The van der Waals surface area contributed by atoms with E-state index in [2.05, 4.69) is 110 Å². The number of hydrogen-bond acceptors (Lipinski definition) is 3. The molecule has 0 aliphatic heterocycles. The zero-order valence-electron chi connectivity index (χ0n) is 26.0. The van der Waals surface area contributed by atoms with Gasteiger partial charge in [-0.05, 0) is 52.5 Å². The summed E-state index contributed by atoms with van der Waals surface area (Å²) in [5.41, 5.74) is 9.92. The van der Waals surface area contributed by atoms with Gasteiger partial charge < -0.3 is 14.4 Å². The van der Waals surface area contributed by atoms with Gasteiger partial charge in [0.25, 0.3) is 0 Å². The van der Waals surface area contributed by atoms with E-state index in [9.17, 15) is 0 Å². The molecule has 0 aliphatic rings. The smallest absolute Gasteiger partial charge is 0.120 e. The summed E-state index contributed by atoms with van der Waals surface area (Å²) >= 11 is 0. The zero-order valence-corrected chi connectivity index (χ0v) is 28.4. The van der Waals surface area contributed by atoms with Crippen molar-refractivity contribution < 1.29 is 24.5 Å². The number of benzene rings is 4. The third-order valence-corrected chi connectivity index (χ3v) is 7.71. The third kappa shape index (κ3) is 7.83. The monoisotopic (exact) mass is 765 g/mol. The van der Waals surface area contributed by atoms with Crippen LogP contribution in [0.5, 0.6) is 0 Å². The van der Waals surface area contributed by atoms with Gasteiger partial charge in [-0.2, -0.15) is 0 Å². The summed E-state index contributed by atoms with van der Waals surface area (Å²) in [5.74, 6) is 0.363. The van der Waals surface area contributed by atoms with Crippen LogP contribution in [0.2, 0.25) is 0 Å². The van der Waals surface area contributed by atoms with E-state index >= 15 is 0 Å². The molecule has 227 valence electrons. The molecule has 7 aromatic rings. The maximum absolute atomic E-state index is 5.88. The van der Waals surface area contributed by atoms with Crippen LogP contribution in [-0.2, 0) is 26.5 Å². The first-order chi connectivity index (χ1) is 21.3. The summed E-state index contributed by atoms with van der Waals surface area (Å²) in [7, 11) is 0. The summed E-state index contributed by atoms with van der Waals surface area (Å²) in [6, 6.07) is 45.7. The minimum Gasteiger partial charge on any atom is -0.500 e. The Morgan fingerprint density at radius 1 is 0.667 bits per heavy atom. The van der Waals surface area contributed by atoms with E-state index in [4.69, 9.17) is 4.42 Å². The predicted molar refractivity (Wildman–Crippen MR) is 181 cm³/mol. The average Bonchev–Trinajstić information content (AvgIpc) is 3.43. The second-order valence-corrected chi connectivity index (χ2v) is 12.4. The van der Waals surface area contributed by atoms with Crippen LogP contribution in [0, 0.1) is 17.5 Å². The summed E-state index contributed by atoms with van der Waals surface area (Å²) in [6.07, 6.45) is 4.80. The number of aromatic nitrogens is 2. The maximum atomic E-state index is 5.88. The molecule has 3 nitrogen and oxygen atoms in total. The number of para-hydroxylation sites is 1. The average molecular weight is 765 g/mol. The number of hydrogen-bond donors (Lipinski definition) is 0. The van der Waals surface area contributed by atoms with E-state index < -0.39 is 0 Å². The first-order valence-corrected chi connectivity index (χ1v) is 15.1. The molecule has 1 unspecified atom stereocenters. The van der Waals surface area contributed by atoms with Crippen molar-refractivity contribution in [2.75, 3.05) is 0 Å². The minimum absolute atomic E-state index is 0. The molecule has 0 amide bonds. The SMILES string of the molecule is CC(C)(C)Cc1ccnc(-c2[c-]cc3oc4ccccc4c3c2)c1.CC(c1ccccc1)c1ccnc(-c2[c-]cccc2)c1.[Ir]. The second-order valence-electron chi connectivity index (χ2n) is 12.4. The molecule has 0 saturated carbocycles. The van der Waals surface area contributed by atoms with Crippen molar-refractivity contribution in [2.45, 2.75) is 40.0 Å². The molecule has 1 atom stereocenters. The van der Waals surface area contributed by atoms with Crippen molar-refractivity contribution in [1.82, 2.24) is 9.97 Å². The Hall–Kier alpha value is -4.37. The Kier molecular flexibility index (Phi) is 10.1. The van der Waals surface area contributed by atoms with Crippen molar-refractivity contribution >= 4 is 21.9 Å². The number of nitrogens with zero attached hydrogens (tertiary/aromatic N) is 2. The van der Waals surface area contributed by atoms with Gasteiger partial charge in [-0.25, -0.2) is 0 Å². The molecular weight excluding hydrogens is 729 g/mol. The predicted octanol–water partition coefficient (Wildman–Crippen LogP) is 10.7. The molecule has 0 bridgehead atoms. The van der Waals surface area contributed by atoms with Gasteiger partial charge in [0.2, 0.25) is 0 Å². The molecule has 7 rings (SSSR count). The van der Waals surface area contributed by atoms with Crippen molar-refractivity contribution in [3.05, 3.63) is 156 Å². The van der Waals surface area contributed by atoms with Crippen LogP contribution in [0.25, 0.3) is 44.5 Å². The van der Waals surface area contributed by atoms with Gasteiger partial charge in [0.05, 0.1) is 5.58 Å². The van der Waals surface area contributed by atoms with Crippen LogP contribution >= 0.6 is 0 Å². The summed E-state index contributed by atoms with van der Waals surface area (Å²) < 4.78 is 5.88. The van der Waals surface area contributed by atoms with Crippen molar-refractivity contribution in [3.63, 3.8) is 0 Å². The molecule has 4 aromatic carbocycles. The second kappa shape index (κ2) is 14.2. The van der Waals surface area contributed by atoms with Crippen molar-refractivity contribution in [3.8, 4) is 22.5 Å². The summed E-state index contributed by atoms with van der Waals surface area (Å²) in [6.45, 7) is 8.98. The van der Waals surface area contributed by atoms with Gasteiger partial charge in [-0.15, -0.1) is 59.7 Å². The Labute approximate surface area is 279 Å². The van der Waals surface area contributed by atoms with Gasteiger partial charge in [-0.3, -0.25) is 0 Å². The van der Waals surface area contributed by atoms with Gasteiger partial charge >= 0.3 is 0 Å². The molecule has 0 spiro atoms. The first kappa shape index (κ1) is 32.0. The van der Waals surface area contributed by atoms with Crippen molar-refractivity contribution in [1.29, 1.82) is 0 Å². The third-order valence-electron chi connectivity index (χ3n) is 7.71.